The molecule has 0 saturated heterocycles. The van der Waals surface area contributed by atoms with Crippen LogP contribution in [0.1, 0.15) is 35.3 Å². The fourth-order valence-electron chi connectivity index (χ4n) is 2.21. The van der Waals surface area contributed by atoms with Gasteiger partial charge in [-0.15, -0.1) is 11.3 Å². The monoisotopic (exact) mass is 292 g/mol. The maximum atomic E-state index is 5.95. The molecule has 0 saturated carbocycles. The Labute approximate surface area is 125 Å². The van der Waals surface area contributed by atoms with Gasteiger partial charge in [0, 0.05) is 11.4 Å². The second-order valence-corrected chi connectivity index (χ2v) is 6.28. The highest BCUT2D eigenvalue weighted by Crippen LogP contribution is 2.18. The predicted octanol–water partition coefficient (Wildman–Crippen LogP) is 3.78. The summed E-state index contributed by atoms with van der Waals surface area (Å²) >= 11 is 1.80. The molecular weight excluding hydrogens is 268 g/mol. The van der Waals surface area contributed by atoms with Gasteiger partial charge >= 0.3 is 0 Å². The highest BCUT2D eigenvalue weighted by Gasteiger charge is 2.10. The summed E-state index contributed by atoms with van der Waals surface area (Å²) < 4.78 is 5.95. The first kappa shape index (κ1) is 15.3. The Kier molecular flexibility index (Phi) is 5.83. The Morgan fingerprint density at radius 3 is 2.90 bits per heavy atom. The number of hydrogen-bond acceptors (Lipinski definition) is 4. The number of rotatable bonds is 8. The zero-order valence-electron chi connectivity index (χ0n) is 12.6. The van der Waals surface area contributed by atoms with Crippen molar-refractivity contribution in [1.29, 1.82) is 0 Å². The van der Waals surface area contributed by atoms with Crippen LogP contribution >= 0.6 is 11.3 Å². The molecule has 0 fully saturated rings. The molecule has 0 radical (unpaired) electrons. The van der Waals surface area contributed by atoms with E-state index in [2.05, 4.69) is 54.7 Å². The number of thiophene rings is 1. The fourth-order valence-corrected chi connectivity index (χ4v) is 3.00. The Bertz CT molecular complexity index is 505. The lowest BCUT2D eigenvalue weighted by atomic mass is 10.2. The standard InChI is InChI=1S/C16H24N2OS/c1-4-7-17-10-16-13(2)9-14(19-16)11-18(3)12-15-6-5-8-20-15/h5-6,8-9,17H,4,7,10-12H2,1-3H3. The number of furan rings is 1. The van der Waals surface area contributed by atoms with Crippen molar-refractivity contribution in [2.75, 3.05) is 13.6 Å². The van der Waals surface area contributed by atoms with E-state index in [9.17, 15) is 0 Å². The molecule has 2 heterocycles. The molecule has 0 unspecified atom stereocenters. The first-order chi connectivity index (χ1) is 9.69. The molecule has 0 aliphatic rings. The molecular formula is C16H24N2OS. The SMILES string of the molecule is CCCNCc1oc(CN(C)Cc2cccs2)cc1C. The first-order valence-corrected chi connectivity index (χ1v) is 8.06. The molecule has 20 heavy (non-hydrogen) atoms. The normalized spacial score (nSPS) is 11.4. The summed E-state index contributed by atoms with van der Waals surface area (Å²) in [5.41, 5.74) is 1.24. The minimum atomic E-state index is 0.828. The zero-order chi connectivity index (χ0) is 14.4. The molecule has 0 aliphatic carbocycles. The smallest absolute Gasteiger partial charge is 0.120 e. The highest BCUT2D eigenvalue weighted by molar-refractivity contribution is 7.09. The van der Waals surface area contributed by atoms with Crippen LogP contribution in [0.2, 0.25) is 0 Å². The molecule has 1 N–H and O–H groups in total. The van der Waals surface area contributed by atoms with Crippen molar-refractivity contribution in [2.45, 2.75) is 39.9 Å². The van der Waals surface area contributed by atoms with Crippen LogP contribution in [0.3, 0.4) is 0 Å². The Morgan fingerprint density at radius 2 is 2.20 bits per heavy atom. The van der Waals surface area contributed by atoms with Gasteiger partial charge in [-0.05, 0) is 50.0 Å². The minimum absolute atomic E-state index is 0.828. The number of hydrogen-bond donors (Lipinski definition) is 1. The summed E-state index contributed by atoms with van der Waals surface area (Å²) in [5.74, 6) is 2.12. The largest absolute Gasteiger partial charge is 0.463 e. The van der Waals surface area contributed by atoms with E-state index in [1.807, 2.05) is 0 Å². The van der Waals surface area contributed by atoms with Crippen molar-refractivity contribution in [1.82, 2.24) is 10.2 Å². The van der Waals surface area contributed by atoms with Crippen molar-refractivity contribution in [3.63, 3.8) is 0 Å². The molecule has 0 bridgehead atoms. The Balaban J connectivity index is 1.87. The van der Waals surface area contributed by atoms with Crippen molar-refractivity contribution >= 4 is 11.3 Å². The fraction of sp³-hybridized carbons (Fsp3) is 0.500. The third-order valence-electron chi connectivity index (χ3n) is 3.22. The van der Waals surface area contributed by atoms with Crippen LogP contribution in [-0.2, 0) is 19.6 Å². The van der Waals surface area contributed by atoms with Gasteiger partial charge in [0.2, 0.25) is 0 Å². The van der Waals surface area contributed by atoms with Gasteiger partial charge in [-0.2, -0.15) is 0 Å². The Morgan fingerprint density at radius 1 is 1.35 bits per heavy atom. The minimum Gasteiger partial charge on any atom is -0.463 e. The summed E-state index contributed by atoms with van der Waals surface area (Å²) in [6.07, 6.45) is 1.15. The van der Waals surface area contributed by atoms with Gasteiger partial charge in [-0.25, -0.2) is 0 Å². The van der Waals surface area contributed by atoms with E-state index in [0.717, 1.165) is 44.1 Å². The summed E-state index contributed by atoms with van der Waals surface area (Å²) in [5, 5.41) is 5.51. The lowest BCUT2D eigenvalue weighted by molar-refractivity contribution is 0.284. The summed E-state index contributed by atoms with van der Waals surface area (Å²) in [6, 6.07) is 6.44. The molecule has 0 spiro atoms. The third-order valence-corrected chi connectivity index (χ3v) is 4.08. The maximum Gasteiger partial charge on any atom is 0.120 e. The molecule has 3 nitrogen and oxygen atoms in total. The van der Waals surface area contributed by atoms with Crippen molar-refractivity contribution in [3.05, 3.63) is 45.5 Å². The van der Waals surface area contributed by atoms with E-state index >= 15 is 0 Å². The summed E-state index contributed by atoms with van der Waals surface area (Å²) in [7, 11) is 2.13. The van der Waals surface area contributed by atoms with Gasteiger partial charge in [0.25, 0.3) is 0 Å². The topological polar surface area (TPSA) is 28.4 Å². The molecule has 2 aromatic heterocycles. The third kappa shape index (κ3) is 4.47. The molecule has 2 rings (SSSR count). The van der Waals surface area contributed by atoms with Crippen LogP contribution in [0.25, 0.3) is 0 Å². The van der Waals surface area contributed by atoms with E-state index in [-0.39, 0.29) is 0 Å². The van der Waals surface area contributed by atoms with Gasteiger partial charge in [-0.3, -0.25) is 4.90 Å². The summed E-state index contributed by atoms with van der Waals surface area (Å²) in [4.78, 5) is 3.67. The van der Waals surface area contributed by atoms with Crippen molar-refractivity contribution in [2.24, 2.45) is 0 Å². The van der Waals surface area contributed by atoms with E-state index in [1.54, 1.807) is 11.3 Å². The number of nitrogens with zero attached hydrogens (tertiary/aromatic N) is 1. The van der Waals surface area contributed by atoms with Crippen LogP contribution < -0.4 is 5.32 Å². The average Bonchev–Trinajstić information content (AvgIpc) is 3.00. The van der Waals surface area contributed by atoms with E-state index in [0.29, 0.717) is 0 Å². The van der Waals surface area contributed by atoms with Crippen LogP contribution in [0.5, 0.6) is 0 Å². The predicted molar refractivity (Wildman–Crippen MR) is 84.9 cm³/mol. The quantitative estimate of drug-likeness (QED) is 0.751. The average molecular weight is 292 g/mol. The number of aryl methyl sites for hydroxylation is 1. The van der Waals surface area contributed by atoms with Crippen molar-refractivity contribution < 1.29 is 4.42 Å². The van der Waals surface area contributed by atoms with Gasteiger partial charge < -0.3 is 9.73 Å². The lowest BCUT2D eigenvalue weighted by Crippen LogP contribution is -2.16. The van der Waals surface area contributed by atoms with Crippen molar-refractivity contribution in [3.8, 4) is 0 Å². The molecule has 2 aromatic rings. The molecule has 0 aromatic carbocycles. The van der Waals surface area contributed by atoms with Gasteiger partial charge in [0.15, 0.2) is 0 Å². The molecule has 0 atom stereocenters. The van der Waals surface area contributed by atoms with Crippen LogP contribution in [0, 0.1) is 6.92 Å². The maximum absolute atomic E-state index is 5.95. The zero-order valence-corrected chi connectivity index (χ0v) is 13.4. The summed E-state index contributed by atoms with van der Waals surface area (Å²) in [6.45, 7) is 7.98. The molecule has 0 amide bonds. The molecule has 4 heteroatoms. The van der Waals surface area contributed by atoms with Gasteiger partial charge in [0.05, 0.1) is 13.1 Å². The van der Waals surface area contributed by atoms with Gasteiger partial charge in [0.1, 0.15) is 11.5 Å². The molecule has 110 valence electrons. The highest BCUT2D eigenvalue weighted by atomic mass is 32.1. The Hall–Kier alpha value is -1.10. The number of nitrogens with one attached hydrogen (secondary N) is 1. The van der Waals surface area contributed by atoms with E-state index in [1.165, 1.54) is 10.4 Å². The van der Waals surface area contributed by atoms with Crippen LogP contribution in [0.15, 0.2) is 28.0 Å². The first-order valence-electron chi connectivity index (χ1n) is 7.19. The lowest BCUT2D eigenvalue weighted by Gasteiger charge is -2.13. The van der Waals surface area contributed by atoms with E-state index < -0.39 is 0 Å². The second-order valence-electron chi connectivity index (χ2n) is 5.25. The van der Waals surface area contributed by atoms with Crippen LogP contribution in [-0.4, -0.2) is 18.5 Å². The second kappa shape index (κ2) is 7.62. The van der Waals surface area contributed by atoms with Gasteiger partial charge in [-0.1, -0.05) is 13.0 Å². The van der Waals surface area contributed by atoms with Crippen LogP contribution in [0.4, 0.5) is 0 Å². The van der Waals surface area contributed by atoms with E-state index in [4.69, 9.17) is 4.42 Å². The molecule has 0 aliphatic heterocycles.